The summed E-state index contributed by atoms with van der Waals surface area (Å²) < 4.78 is 16.5. The van der Waals surface area contributed by atoms with Crippen molar-refractivity contribution in [3.8, 4) is 17.2 Å². The fraction of sp³-hybridized carbons (Fsp3) is 0.240. The van der Waals surface area contributed by atoms with Gasteiger partial charge in [0.05, 0.1) is 26.9 Å². The zero-order valence-electron chi connectivity index (χ0n) is 17.9. The van der Waals surface area contributed by atoms with Crippen molar-refractivity contribution in [1.29, 1.82) is 0 Å². The summed E-state index contributed by atoms with van der Waals surface area (Å²) in [6.45, 7) is 0.561. The van der Waals surface area contributed by atoms with Gasteiger partial charge in [0.15, 0.2) is 11.5 Å². The Morgan fingerprint density at radius 1 is 0.871 bits per heavy atom. The molecular formula is C25H26N2O4. The minimum absolute atomic E-state index is 0.0102. The third-order valence-corrected chi connectivity index (χ3v) is 5.51. The van der Waals surface area contributed by atoms with Crippen LogP contribution in [0.25, 0.3) is 0 Å². The second-order valence-corrected chi connectivity index (χ2v) is 7.29. The molecular weight excluding hydrogens is 392 g/mol. The van der Waals surface area contributed by atoms with Crippen LogP contribution in [0, 0.1) is 0 Å². The molecule has 6 nitrogen and oxygen atoms in total. The molecule has 1 heterocycles. The van der Waals surface area contributed by atoms with Gasteiger partial charge in [-0.05, 0) is 36.2 Å². The van der Waals surface area contributed by atoms with E-state index in [1.165, 1.54) is 5.56 Å². The van der Waals surface area contributed by atoms with Crippen molar-refractivity contribution < 1.29 is 19.0 Å². The topological polar surface area (TPSA) is 60.0 Å². The Bertz CT molecular complexity index is 1040. The number of carbonyl (C=O) groups excluding carboxylic acids is 1. The van der Waals surface area contributed by atoms with Crippen molar-refractivity contribution in [3.63, 3.8) is 0 Å². The highest BCUT2D eigenvalue weighted by Gasteiger charge is 2.33. The summed E-state index contributed by atoms with van der Waals surface area (Å²) in [5.41, 5.74) is 3.50. The van der Waals surface area contributed by atoms with Gasteiger partial charge in [0.1, 0.15) is 6.17 Å². The highest BCUT2D eigenvalue weighted by atomic mass is 16.5. The van der Waals surface area contributed by atoms with Crippen molar-refractivity contribution in [2.24, 2.45) is 0 Å². The molecule has 1 N–H and O–H groups in total. The van der Waals surface area contributed by atoms with E-state index in [1.807, 2.05) is 59.5 Å². The SMILES string of the molecule is COc1cc(C2Nc3ccccc3C(=O)N2CCc2ccccc2)cc(OC)c1OC. The fourth-order valence-electron chi connectivity index (χ4n) is 3.94. The quantitative estimate of drug-likeness (QED) is 0.611. The van der Waals surface area contributed by atoms with Crippen molar-refractivity contribution in [3.05, 3.63) is 83.4 Å². The summed E-state index contributed by atoms with van der Waals surface area (Å²) in [7, 11) is 4.75. The molecule has 3 aromatic rings. The van der Waals surface area contributed by atoms with Gasteiger partial charge in [-0.3, -0.25) is 4.79 Å². The second-order valence-electron chi connectivity index (χ2n) is 7.29. The molecule has 0 fully saturated rings. The number of hydrogen-bond donors (Lipinski definition) is 1. The first-order valence-electron chi connectivity index (χ1n) is 10.2. The van der Waals surface area contributed by atoms with E-state index < -0.39 is 0 Å². The Kier molecular flexibility index (Phi) is 5.98. The molecule has 1 atom stereocenters. The summed E-state index contributed by atoms with van der Waals surface area (Å²) in [4.78, 5) is 15.3. The zero-order chi connectivity index (χ0) is 21.8. The molecule has 1 aliphatic heterocycles. The van der Waals surface area contributed by atoms with Crippen LogP contribution in [-0.4, -0.2) is 38.7 Å². The lowest BCUT2D eigenvalue weighted by atomic mass is 10.0. The molecule has 0 aliphatic carbocycles. The van der Waals surface area contributed by atoms with Crippen molar-refractivity contribution in [2.45, 2.75) is 12.6 Å². The van der Waals surface area contributed by atoms with E-state index in [1.54, 1.807) is 21.3 Å². The first-order chi connectivity index (χ1) is 15.2. The van der Waals surface area contributed by atoms with Crippen LogP contribution in [0.3, 0.4) is 0 Å². The summed E-state index contributed by atoms with van der Waals surface area (Å²) >= 11 is 0. The van der Waals surface area contributed by atoms with Crippen LogP contribution < -0.4 is 19.5 Å². The fourth-order valence-corrected chi connectivity index (χ4v) is 3.94. The third kappa shape index (κ3) is 4.01. The van der Waals surface area contributed by atoms with Gasteiger partial charge in [-0.1, -0.05) is 42.5 Å². The van der Waals surface area contributed by atoms with Crippen LogP contribution >= 0.6 is 0 Å². The maximum Gasteiger partial charge on any atom is 0.257 e. The van der Waals surface area contributed by atoms with Crippen molar-refractivity contribution in [2.75, 3.05) is 33.2 Å². The van der Waals surface area contributed by atoms with E-state index >= 15 is 0 Å². The van der Waals surface area contributed by atoms with E-state index in [0.29, 0.717) is 29.4 Å². The lowest BCUT2D eigenvalue weighted by Crippen LogP contribution is -2.44. The number of fused-ring (bicyclic) bond motifs is 1. The van der Waals surface area contributed by atoms with Gasteiger partial charge in [0, 0.05) is 17.8 Å². The maximum absolute atomic E-state index is 13.5. The molecule has 1 amide bonds. The molecule has 1 unspecified atom stereocenters. The normalized spacial score (nSPS) is 15.1. The van der Waals surface area contributed by atoms with Gasteiger partial charge < -0.3 is 24.4 Å². The third-order valence-electron chi connectivity index (χ3n) is 5.51. The number of rotatable bonds is 7. The average Bonchev–Trinajstić information content (AvgIpc) is 2.83. The summed E-state index contributed by atoms with van der Waals surface area (Å²) in [5, 5.41) is 3.52. The number of nitrogens with one attached hydrogen (secondary N) is 1. The largest absolute Gasteiger partial charge is 0.493 e. The predicted molar refractivity (Wildman–Crippen MR) is 120 cm³/mol. The first kappa shape index (κ1) is 20.6. The van der Waals surface area contributed by atoms with Crippen LogP contribution in [0.2, 0.25) is 0 Å². The van der Waals surface area contributed by atoms with Gasteiger partial charge in [-0.15, -0.1) is 0 Å². The van der Waals surface area contributed by atoms with Crippen molar-refractivity contribution in [1.82, 2.24) is 4.90 Å². The van der Waals surface area contributed by atoms with E-state index in [9.17, 15) is 4.79 Å². The number of carbonyl (C=O) groups is 1. The van der Waals surface area contributed by atoms with E-state index in [-0.39, 0.29) is 12.1 Å². The number of amides is 1. The molecule has 0 spiro atoms. The minimum Gasteiger partial charge on any atom is -0.493 e. The maximum atomic E-state index is 13.5. The van der Waals surface area contributed by atoms with Gasteiger partial charge in [-0.25, -0.2) is 0 Å². The smallest absolute Gasteiger partial charge is 0.257 e. The number of nitrogens with zero attached hydrogens (tertiary/aromatic N) is 1. The number of methoxy groups -OCH3 is 3. The molecule has 0 radical (unpaired) electrons. The van der Waals surface area contributed by atoms with Crippen LogP contribution in [-0.2, 0) is 6.42 Å². The number of para-hydroxylation sites is 1. The molecule has 0 aromatic heterocycles. The summed E-state index contributed by atoms with van der Waals surface area (Å²) in [6, 6.07) is 21.5. The van der Waals surface area contributed by atoms with Gasteiger partial charge in [0.25, 0.3) is 5.91 Å². The van der Waals surface area contributed by atoms with Crippen LogP contribution in [0.1, 0.15) is 27.7 Å². The summed E-state index contributed by atoms with van der Waals surface area (Å²) in [5.74, 6) is 1.61. The Labute approximate surface area is 182 Å². The van der Waals surface area contributed by atoms with Crippen LogP contribution in [0.15, 0.2) is 66.7 Å². The molecule has 160 valence electrons. The molecule has 31 heavy (non-hydrogen) atoms. The van der Waals surface area contributed by atoms with Crippen LogP contribution in [0.5, 0.6) is 17.2 Å². The first-order valence-corrected chi connectivity index (χ1v) is 10.2. The van der Waals surface area contributed by atoms with Crippen molar-refractivity contribution >= 4 is 11.6 Å². The molecule has 1 aliphatic rings. The average molecular weight is 418 g/mol. The molecule has 3 aromatic carbocycles. The Morgan fingerprint density at radius 3 is 2.16 bits per heavy atom. The molecule has 0 bridgehead atoms. The van der Waals surface area contributed by atoms with Gasteiger partial charge in [-0.2, -0.15) is 0 Å². The Hall–Kier alpha value is -3.67. The minimum atomic E-state index is -0.375. The molecule has 0 saturated carbocycles. The monoisotopic (exact) mass is 418 g/mol. The standard InChI is InChI=1S/C25H26N2O4/c1-29-21-15-18(16-22(30-2)23(21)31-3)24-26-20-12-8-7-11-19(20)25(28)27(24)14-13-17-9-5-4-6-10-17/h4-12,15-16,24,26H,13-14H2,1-3H3. The zero-order valence-corrected chi connectivity index (χ0v) is 17.9. The Balaban J connectivity index is 1.75. The van der Waals surface area contributed by atoms with Gasteiger partial charge in [0.2, 0.25) is 5.75 Å². The number of benzene rings is 3. The predicted octanol–water partition coefficient (Wildman–Crippen LogP) is 4.52. The van der Waals surface area contributed by atoms with Gasteiger partial charge >= 0.3 is 0 Å². The highest BCUT2D eigenvalue weighted by molar-refractivity contribution is 6.01. The lowest BCUT2D eigenvalue weighted by Gasteiger charge is -2.38. The molecule has 6 heteroatoms. The Morgan fingerprint density at radius 2 is 1.52 bits per heavy atom. The second kappa shape index (κ2) is 9.00. The molecule has 4 rings (SSSR count). The number of ether oxygens (including phenoxy) is 3. The van der Waals surface area contributed by atoms with Crippen LogP contribution in [0.4, 0.5) is 5.69 Å². The van der Waals surface area contributed by atoms with E-state index in [2.05, 4.69) is 17.4 Å². The van der Waals surface area contributed by atoms with E-state index in [4.69, 9.17) is 14.2 Å². The highest BCUT2D eigenvalue weighted by Crippen LogP contribution is 2.42. The summed E-state index contributed by atoms with van der Waals surface area (Å²) in [6.07, 6.45) is 0.372. The molecule has 0 saturated heterocycles. The number of hydrogen-bond acceptors (Lipinski definition) is 5. The van der Waals surface area contributed by atoms with E-state index in [0.717, 1.165) is 17.7 Å². The number of anilines is 1. The lowest BCUT2D eigenvalue weighted by molar-refractivity contribution is 0.0685.